The Morgan fingerprint density at radius 1 is 1.17 bits per heavy atom. The fraction of sp³-hybridized carbons (Fsp3) is 0.526. The fourth-order valence-corrected chi connectivity index (χ4v) is 3.89. The monoisotopic (exact) mass is 325 g/mol. The number of hydrogen-bond acceptors (Lipinski definition) is 4. The highest BCUT2D eigenvalue weighted by molar-refractivity contribution is 5.46. The number of benzene rings is 1. The highest BCUT2D eigenvalue weighted by Gasteiger charge is 2.23. The molecule has 24 heavy (non-hydrogen) atoms. The topological polar surface area (TPSA) is 45.1 Å². The molecule has 0 spiro atoms. The molecule has 2 aliphatic rings. The molecule has 0 radical (unpaired) electrons. The van der Waals surface area contributed by atoms with Crippen LogP contribution in [0.4, 0.5) is 11.5 Å². The van der Waals surface area contributed by atoms with E-state index in [9.17, 15) is 0 Å². The Morgan fingerprint density at radius 2 is 2.00 bits per heavy atom. The largest absolute Gasteiger partial charge is 0.371 e. The van der Waals surface area contributed by atoms with Crippen molar-refractivity contribution < 1.29 is 0 Å². The van der Waals surface area contributed by atoms with Crippen LogP contribution in [0.15, 0.2) is 36.4 Å². The van der Waals surface area contributed by atoms with Gasteiger partial charge in [-0.2, -0.15) is 5.10 Å². The summed E-state index contributed by atoms with van der Waals surface area (Å²) in [4.78, 5) is 2.51. The number of rotatable bonds is 5. The molecule has 0 unspecified atom stereocenters. The third kappa shape index (κ3) is 3.41. The van der Waals surface area contributed by atoms with Gasteiger partial charge in [0.25, 0.3) is 0 Å². The maximum atomic E-state index is 4.55. The molecule has 2 aromatic rings. The molecule has 1 saturated heterocycles. The lowest BCUT2D eigenvalue weighted by Gasteiger charge is -2.25. The molecule has 1 fully saturated rings. The molecule has 3 heterocycles. The van der Waals surface area contributed by atoms with Crippen molar-refractivity contribution in [1.82, 2.24) is 15.1 Å². The molecule has 128 valence electrons. The maximum Gasteiger partial charge on any atom is 0.124 e. The first-order valence-electron chi connectivity index (χ1n) is 9.07. The van der Waals surface area contributed by atoms with Crippen molar-refractivity contribution in [2.45, 2.75) is 19.9 Å². The number of aryl methyl sites for hydroxylation is 1. The lowest BCUT2D eigenvalue weighted by atomic mass is 10.1. The van der Waals surface area contributed by atoms with Crippen molar-refractivity contribution in [2.24, 2.45) is 11.8 Å². The van der Waals surface area contributed by atoms with E-state index in [1.165, 1.54) is 25.2 Å². The zero-order chi connectivity index (χ0) is 16.4. The zero-order valence-corrected chi connectivity index (χ0v) is 14.4. The smallest absolute Gasteiger partial charge is 0.124 e. The molecular weight excluding hydrogens is 298 g/mol. The van der Waals surface area contributed by atoms with Gasteiger partial charge in [0, 0.05) is 50.4 Å². The quantitative estimate of drug-likeness (QED) is 0.886. The van der Waals surface area contributed by atoms with Crippen LogP contribution in [0.5, 0.6) is 0 Å². The van der Waals surface area contributed by atoms with Gasteiger partial charge in [0.1, 0.15) is 5.82 Å². The molecule has 0 bridgehead atoms. The molecule has 0 amide bonds. The summed E-state index contributed by atoms with van der Waals surface area (Å²) >= 11 is 0. The van der Waals surface area contributed by atoms with E-state index < -0.39 is 0 Å². The number of fused-ring (bicyclic) bond motifs is 1. The highest BCUT2D eigenvalue weighted by Crippen LogP contribution is 2.23. The molecule has 2 aliphatic heterocycles. The van der Waals surface area contributed by atoms with Crippen molar-refractivity contribution >= 4 is 11.5 Å². The van der Waals surface area contributed by atoms with Gasteiger partial charge in [-0.15, -0.1) is 0 Å². The lowest BCUT2D eigenvalue weighted by molar-refractivity contribution is 0.378. The van der Waals surface area contributed by atoms with E-state index in [1.54, 1.807) is 0 Å². The van der Waals surface area contributed by atoms with Crippen molar-refractivity contribution in [1.29, 1.82) is 0 Å². The van der Waals surface area contributed by atoms with E-state index in [4.69, 9.17) is 0 Å². The summed E-state index contributed by atoms with van der Waals surface area (Å²) in [6.45, 7) is 8.64. The molecule has 1 aromatic heterocycles. The Bertz CT molecular complexity index is 666. The molecule has 0 aliphatic carbocycles. The summed E-state index contributed by atoms with van der Waals surface area (Å²) in [6, 6.07) is 12.9. The number of nitrogens with zero attached hydrogens (tertiary/aromatic N) is 3. The van der Waals surface area contributed by atoms with Gasteiger partial charge in [-0.3, -0.25) is 0 Å². The Labute approximate surface area is 144 Å². The number of aromatic nitrogens is 2. The summed E-state index contributed by atoms with van der Waals surface area (Å²) in [5, 5.41) is 11.7. The van der Waals surface area contributed by atoms with Gasteiger partial charge in [0.05, 0.1) is 5.69 Å². The molecule has 2 atom stereocenters. The van der Waals surface area contributed by atoms with E-state index >= 15 is 0 Å². The van der Waals surface area contributed by atoms with Crippen LogP contribution in [0.1, 0.15) is 12.1 Å². The number of nitrogens with one attached hydrogen (secondary N) is 2. The van der Waals surface area contributed by atoms with Crippen LogP contribution < -0.4 is 15.5 Å². The van der Waals surface area contributed by atoms with Crippen LogP contribution in [0.25, 0.3) is 0 Å². The summed E-state index contributed by atoms with van der Waals surface area (Å²) in [7, 11) is 0. The van der Waals surface area contributed by atoms with Crippen LogP contribution in [0.3, 0.4) is 0 Å². The third-order valence-electron chi connectivity index (χ3n) is 5.18. The second kappa shape index (κ2) is 6.85. The average molecular weight is 325 g/mol. The van der Waals surface area contributed by atoms with Gasteiger partial charge >= 0.3 is 0 Å². The van der Waals surface area contributed by atoms with E-state index in [-0.39, 0.29) is 0 Å². The number of para-hydroxylation sites is 1. The molecule has 0 saturated carbocycles. The molecule has 4 rings (SSSR count). The first-order valence-corrected chi connectivity index (χ1v) is 9.07. The third-order valence-corrected chi connectivity index (χ3v) is 5.18. The van der Waals surface area contributed by atoms with Crippen LogP contribution in [0.2, 0.25) is 0 Å². The first kappa shape index (κ1) is 15.5. The van der Waals surface area contributed by atoms with Crippen molar-refractivity contribution in [3.05, 3.63) is 42.1 Å². The van der Waals surface area contributed by atoms with Crippen LogP contribution >= 0.6 is 0 Å². The lowest BCUT2D eigenvalue weighted by Crippen LogP contribution is -2.37. The van der Waals surface area contributed by atoms with Gasteiger partial charge in [-0.25, -0.2) is 4.68 Å². The zero-order valence-electron chi connectivity index (χ0n) is 14.4. The summed E-state index contributed by atoms with van der Waals surface area (Å²) in [5.74, 6) is 2.53. The number of hydrogen-bond donors (Lipinski definition) is 2. The van der Waals surface area contributed by atoms with Crippen molar-refractivity contribution in [3.63, 3.8) is 0 Å². The number of anilines is 2. The Kier molecular flexibility index (Phi) is 4.43. The van der Waals surface area contributed by atoms with Crippen molar-refractivity contribution in [3.8, 4) is 0 Å². The maximum absolute atomic E-state index is 4.55. The second-order valence-corrected chi connectivity index (χ2v) is 7.19. The van der Waals surface area contributed by atoms with E-state index in [0.29, 0.717) is 5.92 Å². The normalized spacial score (nSPS) is 23.1. The molecule has 5 heteroatoms. The summed E-state index contributed by atoms with van der Waals surface area (Å²) in [5.41, 5.74) is 2.45. The summed E-state index contributed by atoms with van der Waals surface area (Å²) in [6.07, 6.45) is 1.29. The first-order chi connectivity index (χ1) is 11.8. The predicted molar refractivity (Wildman–Crippen MR) is 98.6 cm³/mol. The van der Waals surface area contributed by atoms with Gasteiger partial charge in [0.2, 0.25) is 0 Å². The van der Waals surface area contributed by atoms with Gasteiger partial charge < -0.3 is 15.5 Å². The SMILES string of the molecule is Cc1cc2n(n1)C[C@@H](CNC[C@H]1CCN(c3ccccc3)C1)CN2. The Hall–Kier alpha value is -2.01. The average Bonchev–Trinajstić information content (AvgIpc) is 3.21. The molecule has 1 aromatic carbocycles. The van der Waals surface area contributed by atoms with E-state index in [1.807, 2.05) is 0 Å². The standard InChI is InChI=1S/C19H27N5/c1-15-9-19-21-12-17(14-24(19)22-15)11-20-10-16-7-8-23(13-16)18-5-3-2-4-6-18/h2-6,9,16-17,20-21H,7-8,10-14H2,1H3/t16-,17+/m1/s1. The summed E-state index contributed by atoms with van der Waals surface area (Å²) < 4.78 is 2.11. The predicted octanol–water partition coefficient (Wildman–Crippen LogP) is 2.35. The van der Waals surface area contributed by atoms with Gasteiger partial charge in [-0.05, 0) is 37.9 Å². The second-order valence-electron chi connectivity index (χ2n) is 7.19. The van der Waals surface area contributed by atoms with Crippen molar-refractivity contribution in [2.75, 3.05) is 42.9 Å². The minimum Gasteiger partial charge on any atom is -0.371 e. The Morgan fingerprint density at radius 3 is 2.88 bits per heavy atom. The van der Waals surface area contributed by atoms with Gasteiger partial charge in [0.15, 0.2) is 0 Å². The molecule has 5 nitrogen and oxygen atoms in total. The van der Waals surface area contributed by atoms with Crippen LogP contribution in [0, 0.1) is 18.8 Å². The minimum atomic E-state index is 0.614. The van der Waals surface area contributed by atoms with E-state index in [0.717, 1.165) is 43.6 Å². The van der Waals surface area contributed by atoms with E-state index in [2.05, 4.69) is 68.6 Å². The highest BCUT2D eigenvalue weighted by atomic mass is 15.3. The Balaban J connectivity index is 1.21. The van der Waals surface area contributed by atoms with Crippen LogP contribution in [-0.2, 0) is 6.54 Å². The minimum absolute atomic E-state index is 0.614. The van der Waals surface area contributed by atoms with Crippen LogP contribution in [-0.4, -0.2) is 42.5 Å². The molecule has 2 N–H and O–H groups in total. The molecular formula is C19H27N5. The fourth-order valence-electron chi connectivity index (χ4n) is 3.89. The van der Waals surface area contributed by atoms with Gasteiger partial charge in [-0.1, -0.05) is 18.2 Å².